The molecule has 1 heterocycles. The number of piperidine rings is 1. The van der Waals surface area contributed by atoms with Crippen LogP contribution in [0, 0.1) is 5.92 Å². The second kappa shape index (κ2) is 14.2. The summed E-state index contributed by atoms with van der Waals surface area (Å²) in [5, 5.41) is 5.66. The van der Waals surface area contributed by atoms with Crippen molar-refractivity contribution in [2.75, 3.05) is 24.1 Å². The van der Waals surface area contributed by atoms with E-state index >= 15 is 0 Å². The lowest BCUT2D eigenvalue weighted by molar-refractivity contribution is -0.126. The first-order chi connectivity index (χ1) is 21.7. The van der Waals surface area contributed by atoms with Gasteiger partial charge in [-0.15, -0.1) is 0 Å². The molecule has 1 saturated heterocycles. The fourth-order valence-corrected chi connectivity index (χ4v) is 6.01. The number of nitrogens with zero attached hydrogens (tertiary/aromatic N) is 2. The maximum atomic E-state index is 13.7. The predicted molar refractivity (Wildman–Crippen MR) is 175 cm³/mol. The average molecular weight is 651 g/mol. The van der Waals surface area contributed by atoms with Crippen LogP contribution in [0.3, 0.4) is 0 Å². The highest BCUT2D eigenvalue weighted by Gasteiger charge is 2.33. The van der Waals surface area contributed by atoms with Gasteiger partial charge in [0.1, 0.15) is 11.1 Å². The fourth-order valence-electron chi connectivity index (χ4n) is 4.76. The van der Waals surface area contributed by atoms with E-state index in [0.717, 1.165) is 17.3 Å². The van der Waals surface area contributed by atoms with Crippen molar-refractivity contribution in [3.8, 4) is 5.75 Å². The molecule has 4 rings (SSSR count). The molecule has 0 radical (unpaired) electrons. The number of hydrogen-bond donors (Lipinski definition) is 2. The Bertz CT molecular complexity index is 1600. The molecule has 1 aliphatic rings. The number of benzene rings is 3. The highest BCUT2D eigenvalue weighted by atomic mass is 32.2. The normalized spacial score (nSPS) is 14.2. The number of anilines is 1. The first-order valence-electron chi connectivity index (χ1n) is 15.2. The number of hydrogen-bond acceptors (Lipinski definition) is 7. The second-order valence-electron chi connectivity index (χ2n) is 12.7. The zero-order chi connectivity index (χ0) is 33.5. The van der Waals surface area contributed by atoms with Crippen molar-refractivity contribution >= 4 is 33.6 Å². The summed E-state index contributed by atoms with van der Waals surface area (Å²) in [7, 11) is -4.19. The van der Waals surface area contributed by atoms with Crippen LogP contribution in [-0.4, -0.2) is 62.0 Å². The van der Waals surface area contributed by atoms with Gasteiger partial charge in [0.25, 0.3) is 15.9 Å². The van der Waals surface area contributed by atoms with Gasteiger partial charge in [-0.25, -0.2) is 4.79 Å². The second-order valence-corrected chi connectivity index (χ2v) is 14.4. The highest BCUT2D eigenvalue weighted by Crippen LogP contribution is 2.26. The molecule has 0 bridgehead atoms. The van der Waals surface area contributed by atoms with Crippen LogP contribution in [0.25, 0.3) is 0 Å². The number of ether oxygens (including phenoxy) is 1. The van der Waals surface area contributed by atoms with Gasteiger partial charge in [-0.2, -0.15) is 8.42 Å². The van der Waals surface area contributed by atoms with E-state index in [-0.39, 0.29) is 28.4 Å². The maximum absolute atomic E-state index is 13.7. The number of carbonyl (C=O) groups is 3. The third kappa shape index (κ3) is 9.00. The Morgan fingerprint density at radius 1 is 0.848 bits per heavy atom. The third-order valence-corrected chi connectivity index (χ3v) is 8.93. The van der Waals surface area contributed by atoms with Crippen molar-refractivity contribution < 1.29 is 32.4 Å². The quantitative estimate of drug-likeness (QED) is 0.290. The molecule has 0 unspecified atom stereocenters. The highest BCUT2D eigenvalue weighted by molar-refractivity contribution is 7.92. The van der Waals surface area contributed by atoms with Gasteiger partial charge in [0.2, 0.25) is 5.91 Å². The third-order valence-electron chi connectivity index (χ3n) is 7.34. The van der Waals surface area contributed by atoms with Crippen LogP contribution in [0.5, 0.6) is 5.75 Å². The molecule has 246 valence electrons. The molecule has 3 aromatic rings. The first kappa shape index (κ1) is 34.3. The van der Waals surface area contributed by atoms with Gasteiger partial charge < -0.3 is 25.1 Å². The molecule has 0 saturated carbocycles. The van der Waals surface area contributed by atoms with E-state index in [0.29, 0.717) is 31.1 Å². The van der Waals surface area contributed by atoms with Crippen molar-refractivity contribution in [1.82, 2.24) is 15.5 Å². The van der Waals surface area contributed by atoms with Crippen LogP contribution in [0.15, 0.2) is 89.8 Å². The van der Waals surface area contributed by atoms with E-state index in [1.165, 1.54) is 24.3 Å². The molecule has 0 spiro atoms. The van der Waals surface area contributed by atoms with Gasteiger partial charge in [-0.1, -0.05) is 40.9 Å². The molecule has 0 aromatic heterocycles. The minimum atomic E-state index is -4.19. The molecule has 3 amide bonds. The smallest absolute Gasteiger partial charge is 0.410 e. The molecule has 3 aromatic carbocycles. The van der Waals surface area contributed by atoms with Crippen molar-refractivity contribution in [2.45, 2.75) is 63.5 Å². The zero-order valence-corrected chi connectivity index (χ0v) is 27.7. The van der Waals surface area contributed by atoms with Crippen LogP contribution in [0.2, 0.25) is 0 Å². The molecule has 1 fully saturated rings. The molecule has 0 atom stereocenters. The standard InChI is InChI=1S/C34H42N4O7S/c1-33(2,3)44-32(41)37-22-20-25(21-23-37)24-35-31(40)34(4,5)36-30(39)26-16-18-29(19-17-26)46(42,43)38(27-12-8-6-9-13-27)45-28-14-10-7-11-15-28/h6-19,25H,20-24H2,1-5H3,(H,35,40)(H,36,39). The van der Waals surface area contributed by atoms with E-state index in [4.69, 9.17) is 9.57 Å². The first-order valence-corrected chi connectivity index (χ1v) is 16.6. The van der Waals surface area contributed by atoms with Crippen LogP contribution in [-0.2, 0) is 19.6 Å². The largest absolute Gasteiger partial charge is 0.444 e. The number of amides is 3. The Hall–Kier alpha value is -4.58. The molecule has 2 N–H and O–H groups in total. The number of nitrogens with one attached hydrogen (secondary N) is 2. The Balaban J connectivity index is 1.35. The Kier molecular flexibility index (Phi) is 10.6. The van der Waals surface area contributed by atoms with Gasteiger partial charge in [0.15, 0.2) is 5.75 Å². The van der Waals surface area contributed by atoms with Gasteiger partial charge >= 0.3 is 6.09 Å². The number of sulfonamides is 1. The van der Waals surface area contributed by atoms with Crippen molar-refractivity contribution in [3.05, 3.63) is 90.5 Å². The summed E-state index contributed by atoms with van der Waals surface area (Å²) in [6.45, 7) is 10.2. The Labute approximate surface area is 270 Å². The van der Waals surface area contributed by atoms with Gasteiger partial charge in [-0.05, 0) is 102 Å². The lowest BCUT2D eigenvalue weighted by Crippen LogP contribution is -2.55. The molecular weight excluding hydrogens is 608 g/mol. The van der Waals surface area contributed by atoms with Crippen LogP contribution < -0.4 is 19.9 Å². The molecule has 0 aliphatic carbocycles. The summed E-state index contributed by atoms with van der Waals surface area (Å²) in [5.74, 6) is -0.371. The summed E-state index contributed by atoms with van der Waals surface area (Å²) in [6.07, 6.45) is 1.11. The average Bonchev–Trinajstić information content (AvgIpc) is 3.02. The molecule has 11 nitrogen and oxygen atoms in total. The van der Waals surface area contributed by atoms with Crippen LogP contribution in [0.4, 0.5) is 10.5 Å². The van der Waals surface area contributed by atoms with E-state index in [9.17, 15) is 22.8 Å². The van der Waals surface area contributed by atoms with Crippen molar-refractivity contribution in [3.63, 3.8) is 0 Å². The predicted octanol–water partition coefficient (Wildman–Crippen LogP) is 5.15. The molecular formula is C34H42N4O7S. The van der Waals surface area contributed by atoms with Crippen LogP contribution >= 0.6 is 0 Å². The summed E-state index contributed by atoms with van der Waals surface area (Å²) in [5.41, 5.74) is -1.31. The van der Waals surface area contributed by atoms with E-state index in [2.05, 4.69) is 10.6 Å². The monoisotopic (exact) mass is 650 g/mol. The van der Waals surface area contributed by atoms with Crippen molar-refractivity contribution in [2.24, 2.45) is 5.92 Å². The summed E-state index contributed by atoms with van der Waals surface area (Å²) in [4.78, 5) is 45.8. The zero-order valence-electron chi connectivity index (χ0n) is 26.9. The maximum Gasteiger partial charge on any atom is 0.410 e. The SMILES string of the molecule is CC(C)(C)OC(=O)N1CCC(CNC(=O)C(C)(C)NC(=O)c2ccc(S(=O)(=O)N(Oc3ccccc3)c3ccccc3)cc2)CC1. The Morgan fingerprint density at radius 3 is 1.98 bits per heavy atom. The minimum absolute atomic E-state index is 0.0847. The van der Waals surface area contributed by atoms with Gasteiger partial charge in [0, 0.05) is 25.2 Å². The number of para-hydroxylation sites is 2. The summed E-state index contributed by atoms with van der Waals surface area (Å²) >= 11 is 0. The lowest BCUT2D eigenvalue weighted by atomic mass is 9.96. The molecule has 46 heavy (non-hydrogen) atoms. The van der Waals surface area contributed by atoms with Gasteiger partial charge in [-0.3, -0.25) is 9.59 Å². The van der Waals surface area contributed by atoms with Crippen LogP contribution in [0.1, 0.15) is 57.8 Å². The van der Waals surface area contributed by atoms with Crippen molar-refractivity contribution in [1.29, 1.82) is 0 Å². The fraction of sp³-hybridized carbons (Fsp3) is 0.382. The number of likely N-dealkylation sites (tertiary alicyclic amines) is 1. The summed E-state index contributed by atoms with van der Waals surface area (Å²) < 4.78 is 33.6. The van der Waals surface area contributed by atoms with Gasteiger partial charge in [0.05, 0.1) is 10.6 Å². The summed E-state index contributed by atoms with van der Waals surface area (Å²) in [6, 6.07) is 22.4. The van der Waals surface area contributed by atoms with E-state index < -0.39 is 27.1 Å². The van der Waals surface area contributed by atoms with E-state index in [1.54, 1.807) is 79.4 Å². The minimum Gasteiger partial charge on any atom is -0.444 e. The number of carbonyl (C=O) groups excluding carboxylic acids is 3. The topological polar surface area (TPSA) is 134 Å². The molecule has 1 aliphatic heterocycles. The Morgan fingerprint density at radius 2 is 1.41 bits per heavy atom. The number of rotatable bonds is 10. The van der Waals surface area contributed by atoms with E-state index in [1.807, 2.05) is 20.8 Å². The lowest BCUT2D eigenvalue weighted by Gasteiger charge is -2.34. The molecule has 12 heteroatoms.